The van der Waals surface area contributed by atoms with Crippen LogP contribution >= 0.6 is 11.6 Å². The summed E-state index contributed by atoms with van der Waals surface area (Å²) in [6, 6.07) is 4.13. The number of anilines is 1. The van der Waals surface area contributed by atoms with E-state index in [1.165, 1.54) is 0 Å². The SMILES string of the molecule is CCCNc1nccc(-c2cn(C3CCOC3)nc2-c2cnc3[nH]cc(Cl)c3c2)n1. The van der Waals surface area contributed by atoms with Gasteiger partial charge in [-0.3, -0.25) is 4.68 Å². The van der Waals surface area contributed by atoms with Crippen LogP contribution in [0.5, 0.6) is 0 Å². The molecule has 8 nitrogen and oxygen atoms in total. The Morgan fingerprint density at radius 2 is 2.30 bits per heavy atom. The predicted octanol–water partition coefficient (Wildman–Crippen LogP) is 4.32. The Hall–Kier alpha value is -2.97. The first kappa shape index (κ1) is 19.0. The van der Waals surface area contributed by atoms with Gasteiger partial charge in [0.25, 0.3) is 0 Å². The molecule has 1 unspecified atom stereocenters. The zero-order valence-electron chi connectivity index (χ0n) is 16.6. The molecule has 1 fully saturated rings. The van der Waals surface area contributed by atoms with Crippen LogP contribution in [0.1, 0.15) is 25.8 Å². The first-order valence-electron chi connectivity index (χ1n) is 10.1. The van der Waals surface area contributed by atoms with E-state index in [9.17, 15) is 0 Å². The van der Waals surface area contributed by atoms with E-state index in [2.05, 4.69) is 27.2 Å². The molecule has 2 N–H and O–H groups in total. The molecule has 0 amide bonds. The van der Waals surface area contributed by atoms with Crippen LogP contribution in [0.25, 0.3) is 33.5 Å². The molecule has 0 saturated carbocycles. The van der Waals surface area contributed by atoms with Crippen molar-refractivity contribution in [3.63, 3.8) is 0 Å². The summed E-state index contributed by atoms with van der Waals surface area (Å²) >= 11 is 6.32. The Morgan fingerprint density at radius 3 is 3.13 bits per heavy atom. The lowest BCUT2D eigenvalue weighted by Gasteiger charge is -2.07. The van der Waals surface area contributed by atoms with Gasteiger partial charge in [-0.1, -0.05) is 18.5 Å². The molecule has 30 heavy (non-hydrogen) atoms. The van der Waals surface area contributed by atoms with Gasteiger partial charge in [0, 0.05) is 54.5 Å². The van der Waals surface area contributed by atoms with Gasteiger partial charge in [0.05, 0.1) is 23.4 Å². The van der Waals surface area contributed by atoms with Crippen molar-refractivity contribution in [1.29, 1.82) is 0 Å². The molecule has 0 aromatic carbocycles. The normalized spacial score (nSPS) is 16.4. The highest BCUT2D eigenvalue weighted by Gasteiger charge is 2.23. The summed E-state index contributed by atoms with van der Waals surface area (Å²) in [5.74, 6) is 0.611. The van der Waals surface area contributed by atoms with E-state index in [-0.39, 0.29) is 6.04 Å². The van der Waals surface area contributed by atoms with Gasteiger partial charge in [-0.15, -0.1) is 0 Å². The molecule has 1 aliphatic rings. The van der Waals surface area contributed by atoms with Crippen LogP contribution < -0.4 is 5.32 Å². The van der Waals surface area contributed by atoms with E-state index in [1.807, 2.05) is 29.2 Å². The van der Waals surface area contributed by atoms with E-state index >= 15 is 0 Å². The van der Waals surface area contributed by atoms with Crippen molar-refractivity contribution >= 4 is 28.6 Å². The van der Waals surface area contributed by atoms with Gasteiger partial charge in [-0.25, -0.2) is 15.0 Å². The van der Waals surface area contributed by atoms with Crippen molar-refractivity contribution < 1.29 is 4.74 Å². The number of hydrogen-bond acceptors (Lipinski definition) is 6. The van der Waals surface area contributed by atoms with E-state index in [0.717, 1.165) is 59.5 Å². The third-order valence-electron chi connectivity index (χ3n) is 5.23. The summed E-state index contributed by atoms with van der Waals surface area (Å²) in [5, 5.41) is 9.67. The van der Waals surface area contributed by atoms with Crippen molar-refractivity contribution in [1.82, 2.24) is 29.7 Å². The summed E-state index contributed by atoms with van der Waals surface area (Å²) in [6.45, 7) is 4.34. The van der Waals surface area contributed by atoms with Gasteiger partial charge in [0.2, 0.25) is 5.95 Å². The number of fused-ring (bicyclic) bond motifs is 1. The average Bonchev–Trinajstić information content (AvgIpc) is 3.52. The number of pyridine rings is 1. The van der Waals surface area contributed by atoms with Gasteiger partial charge < -0.3 is 15.0 Å². The van der Waals surface area contributed by atoms with Crippen LogP contribution in [0.4, 0.5) is 5.95 Å². The molecule has 0 spiro atoms. The van der Waals surface area contributed by atoms with Crippen molar-refractivity contribution in [3.8, 4) is 22.5 Å². The lowest BCUT2D eigenvalue weighted by molar-refractivity contribution is 0.184. The van der Waals surface area contributed by atoms with Crippen molar-refractivity contribution in [2.24, 2.45) is 0 Å². The first-order chi connectivity index (χ1) is 14.7. The zero-order valence-corrected chi connectivity index (χ0v) is 17.4. The van der Waals surface area contributed by atoms with Crippen LogP contribution in [0.3, 0.4) is 0 Å². The fourth-order valence-electron chi connectivity index (χ4n) is 3.64. The number of halogens is 1. The van der Waals surface area contributed by atoms with Crippen LogP contribution in [0.2, 0.25) is 5.02 Å². The number of rotatable bonds is 6. The first-order valence-corrected chi connectivity index (χ1v) is 10.5. The number of aromatic nitrogens is 6. The summed E-state index contributed by atoms with van der Waals surface area (Å²) in [5.41, 5.74) is 4.19. The number of nitrogens with one attached hydrogen (secondary N) is 2. The third kappa shape index (κ3) is 3.53. The predicted molar refractivity (Wildman–Crippen MR) is 117 cm³/mol. The molecular formula is C21H22ClN7O. The van der Waals surface area contributed by atoms with E-state index in [4.69, 9.17) is 26.4 Å². The molecule has 9 heteroatoms. The largest absolute Gasteiger partial charge is 0.379 e. The molecule has 1 atom stereocenters. The molecule has 4 aromatic heterocycles. The fourth-order valence-corrected chi connectivity index (χ4v) is 3.84. The molecule has 5 heterocycles. The monoisotopic (exact) mass is 423 g/mol. The minimum Gasteiger partial charge on any atom is -0.379 e. The van der Waals surface area contributed by atoms with Gasteiger partial charge in [-0.05, 0) is 25.0 Å². The molecule has 1 saturated heterocycles. The maximum atomic E-state index is 6.32. The summed E-state index contributed by atoms with van der Waals surface area (Å²) in [7, 11) is 0. The number of ether oxygens (including phenoxy) is 1. The van der Waals surface area contributed by atoms with Crippen molar-refractivity contribution in [3.05, 3.63) is 41.9 Å². The fraction of sp³-hybridized carbons (Fsp3) is 0.333. The lowest BCUT2D eigenvalue weighted by atomic mass is 10.1. The number of aromatic amines is 1. The standard InChI is InChI=1S/C21H22ClN7O/c1-2-5-23-21-24-6-3-18(27-21)16-11-29(14-4-7-30-12-14)28-19(16)13-8-15-17(22)10-26-20(15)25-9-13/h3,6,8-11,14H,2,4-5,7,12H2,1H3,(H,25,26)(H,23,24,27). The van der Waals surface area contributed by atoms with Gasteiger partial charge in [0.1, 0.15) is 11.3 Å². The Bertz CT molecular complexity index is 1180. The van der Waals surface area contributed by atoms with Gasteiger partial charge in [0.15, 0.2) is 0 Å². The second-order valence-corrected chi connectivity index (χ2v) is 7.75. The van der Waals surface area contributed by atoms with Gasteiger partial charge >= 0.3 is 0 Å². The summed E-state index contributed by atoms with van der Waals surface area (Å²) in [6.07, 6.45) is 9.31. The molecule has 1 aliphatic heterocycles. The quantitative estimate of drug-likeness (QED) is 0.479. The average molecular weight is 424 g/mol. The summed E-state index contributed by atoms with van der Waals surface area (Å²) < 4.78 is 7.56. The second kappa shape index (κ2) is 8.04. The lowest BCUT2D eigenvalue weighted by Crippen LogP contribution is -2.09. The van der Waals surface area contributed by atoms with E-state index in [0.29, 0.717) is 17.6 Å². The highest BCUT2D eigenvalue weighted by Crippen LogP contribution is 2.34. The van der Waals surface area contributed by atoms with Crippen LogP contribution in [0.15, 0.2) is 36.9 Å². The molecule has 0 aliphatic carbocycles. The van der Waals surface area contributed by atoms with Crippen molar-refractivity contribution in [2.75, 3.05) is 25.1 Å². The molecule has 0 radical (unpaired) electrons. The number of nitrogens with zero attached hydrogens (tertiary/aromatic N) is 5. The Morgan fingerprint density at radius 1 is 1.37 bits per heavy atom. The van der Waals surface area contributed by atoms with E-state index in [1.54, 1.807) is 12.4 Å². The number of hydrogen-bond donors (Lipinski definition) is 2. The highest BCUT2D eigenvalue weighted by molar-refractivity contribution is 6.35. The Labute approximate surface area is 178 Å². The molecule has 4 aromatic rings. The van der Waals surface area contributed by atoms with Crippen LogP contribution in [0, 0.1) is 0 Å². The zero-order chi connectivity index (χ0) is 20.5. The van der Waals surface area contributed by atoms with Crippen LogP contribution in [-0.4, -0.2) is 49.5 Å². The van der Waals surface area contributed by atoms with Crippen molar-refractivity contribution in [2.45, 2.75) is 25.8 Å². The molecule has 0 bridgehead atoms. The maximum absolute atomic E-state index is 6.32. The Kier molecular flexibility index (Phi) is 5.10. The number of H-pyrrole nitrogens is 1. The van der Waals surface area contributed by atoms with E-state index < -0.39 is 0 Å². The molecule has 5 rings (SSSR count). The summed E-state index contributed by atoms with van der Waals surface area (Å²) in [4.78, 5) is 16.6. The Balaban J connectivity index is 1.62. The van der Waals surface area contributed by atoms with Crippen LogP contribution in [-0.2, 0) is 4.74 Å². The second-order valence-electron chi connectivity index (χ2n) is 7.34. The minimum absolute atomic E-state index is 0.213. The smallest absolute Gasteiger partial charge is 0.223 e. The minimum atomic E-state index is 0.213. The topological polar surface area (TPSA) is 93.5 Å². The molecular weight excluding hydrogens is 402 g/mol. The third-order valence-corrected chi connectivity index (χ3v) is 5.54. The van der Waals surface area contributed by atoms with Gasteiger partial charge in [-0.2, -0.15) is 5.10 Å². The highest BCUT2D eigenvalue weighted by atomic mass is 35.5. The molecule has 154 valence electrons. The maximum Gasteiger partial charge on any atom is 0.223 e.